The number of methoxy groups -OCH3 is 2. The summed E-state index contributed by atoms with van der Waals surface area (Å²) < 4.78 is 21.1. The zero-order valence-electron chi connectivity index (χ0n) is 10.5. The van der Waals surface area contributed by atoms with Crippen LogP contribution in [0.3, 0.4) is 0 Å². The molecular weight excluding hydrogens is 236 g/mol. The van der Waals surface area contributed by atoms with Gasteiger partial charge in [0, 0.05) is 7.11 Å². The molecule has 1 saturated heterocycles. The minimum absolute atomic E-state index is 0.00542. The van der Waals surface area contributed by atoms with Crippen molar-refractivity contribution < 1.29 is 23.7 Å². The summed E-state index contributed by atoms with van der Waals surface area (Å²) >= 11 is 0. The second-order valence-electron chi connectivity index (χ2n) is 4.09. The molecule has 5 heteroatoms. The van der Waals surface area contributed by atoms with Crippen LogP contribution < -0.4 is 0 Å². The van der Waals surface area contributed by atoms with Gasteiger partial charge < -0.3 is 18.9 Å². The summed E-state index contributed by atoms with van der Waals surface area (Å²) in [6.45, 7) is 1.11. The van der Waals surface area contributed by atoms with Gasteiger partial charge in [0.15, 0.2) is 6.29 Å². The topological polar surface area (TPSA) is 54.0 Å². The number of carbonyl (C=O) groups excluding carboxylic acids is 1. The summed E-state index contributed by atoms with van der Waals surface area (Å²) in [7, 11) is 2.99. The van der Waals surface area contributed by atoms with E-state index in [9.17, 15) is 4.79 Å². The molecule has 99 valence electrons. The Bertz CT molecular complexity index is 279. The van der Waals surface area contributed by atoms with Crippen LogP contribution in [0.5, 0.6) is 0 Å². The molecule has 1 heterocycles. The van der Waals surface area contributed by atoms with E-state index in [-0.39, 0.29) is 12.1 Å². The predicted octanol–water partition coefficient (Wildman–Crippen LogP) is 0.713. The molecular formula is C13H17O5. The molecule has 0 amide bonds. The molecule has 5 nitrogen and oxygen atoms in total. The van der Waals surface area contributed by atoms with Crippen molar-refractivity contribution in [3.63, 3.8) is 0 Å². The minimum Gasteiger partial charge on any atom is -0.469 e. The summed E-state index contributed by atoms with van der Waals surface area (Å²) in [5.74, 6) is 0.819. The largest absolute Gasteiger partial charge is 0.469 e. The van der Waals surface area contributed by atoms with Crippen LogP contribution in [0.2, 0.25) is 0 Å². The molecule has 0 N–H and O–H groups in total. The van der Waals surface area contributed by atoms with Crippen LogP contribution in [-0.2, 0) is 23.7 Å². The highest BCUT2D eigenvalue weighted by Gasteiger charge is 2.43. The van der Waals surface area contributed by atoms with Crippen LogP contribution >= 0.6 is 0 Å². The SMILES string of the molecule is COC[C@@H]1CCO[C@H]([C]2[CH][CH][CH][C]2C(=O)OC)O1. The molecule has 18 heavy (non-hydrogen) atoms. The molecule has 0 aromatic heterocycles. The third kappa shape index (κ3) is 3.02. The van der Waals surface area contributed by atoms with Gasteiger partial charge in [-0.25, -0.2) is 0 Å². The van der Waals surface area contributed by atoms with Gasteiger partial charge in [0.2, 0.25) is 0 Å². The zero-order valence-corrected chi connectivity index (χ0v) is 10.5. The van der Waals surface area contributed by atoms with Crippen molar-refractivity contribution in [2.24, 2.45) is 0 Å². The highest BCUT2D eigenvalue weighted by molar-refractivity contribution is 5.93. The molecule has 2 atom stereocenters. The first-order valence-corrected chi connectivity index (χ1v) is 5.86. The van der Waals surface area contributed by atoms with Crippen LogP contribution in [0.25, 0.3) is 0 Å². The molecule has 1 aliphatic carbocycles. The predicted molar refractivity (Wildman–Crippen MR) is 62.5 cm³/mol. The number of rotatable bonds is 4. The van der Waals surface area contributed by atoms with Gasteiger partial charge in [0.05, 0.1) is 32.3 Å². The first-order valence-electron chi connectivity index (χ1n) is 5.86. The van der Waals surface area contributed by atoms with E-state index < -0.39 is 6.29 Å². The highest BCUT2D eigenvalue weighted by atomic mass is 16.7. The Labute approximate surface area is 108 Å². The zero-order chi connectivity index (χ0) is 13.0. The van der Waals surface area contributed by atoms with Crippen molar-refractivity contribution in [1.29, 1.82) is 0 Å². The van der Waals surface area contributed by atoms with Crippen molar-refractivity contribution in [3.8, 4) is 0 Å². The van der Waals surface area contributed by atoms with Gasteiger partial charge in [0.25, 0.3) is 0 Å². The quantitative estimate of drug-likeness (QED) is 0.691. The maximum absolute atomic E-state index is 11.6. The highest BCUT2D eigenvalue weighted by Crippen LogP contribution is 2.39. The van der Waals surface area contributed by atoms with E-state index in [2.05, 4.69) is 0 Å². The maximum Gasteiger partial charge on any atom is 0.314 e. The van der Waals surface area contributed by atoms with E-state index in [1.54, 1.807) is 20.0 Å². The molecule has 0 unspecified atom stereocenters. The van der Waals surface area contributed by atoms with Gasteiger partial charge >= 0.3 is 5.97 Å². The lowest BCUT2D eigenvalue weighted by Crippen LogP contribution is -2.40. The molecule has 5 radical (unpaired) electrons. The van der Waals surface area contributed by atoms with Gasteiger partial charge in [0.1, 0.15) is 5.92 Å². The van der Waals surface area contributed by atoms with Crippen LogP contribution in [0, 0.1) is 31.1 Å². The van der Waals surface area contributed by atoms with Crippen molar-refractivity contribution in [3.05, 3.63) is 31.1 Å². The monoisotopic (exact) mass is 253 g/mol. The fourth-order valence-corrected chi connectivity index (χ4v) is 2.00. The molecule has 1 saturated carbocycles. The van der Waals surface area contributed by atoms with Gasteiger partial charge in [-0.1, -0.05) is 0 Å². The van der Waals surface area contributed by atoms with Crippen LogP contribution in [-0.4, -0.2) is 45.8 Å². The smallest absolute Gasteiger partial charge is 0.314 e. The third-order valence-corrected chi connectivity index (χ3v) is 2.89. The Morgan fingerprint density at radius 3 is 3.00 bits per heavy atom. The number of ether oxygens (including phenoxy) is 4. The second kappa shape index (κ2) is 6.50. The average molecular weight is 253 g/mol. The number of esters is 1. The standard InChI is InChI=1S/C13H17O5/c1-15-8-9-6-7-17-13(18-9)11-5-3-4-10(11)12(14)16-2/h3-5,9,13H,6-8H2,1-2H3/t9-,13-/m0/s1. The Hall–Kier alpha value is -0.650. The molecule has 0 aromatic rings. The summed E-state index contributed by atoms with van der Waals surface area (Å²) in [4.78, 5) is 11.6. The molecule has 0 bridgehead atoms. The molecule has 0 spiro atoms. The first kappa shape index (κ1) is 13.8. The lowest BCUT2D eigenvalue weighted by Gasteiger charge is -2.34. The van der Waals surface area contributed by atoms with Gasteiger partial charge in [-0.05, 0) is 25.7 Å². The fourth-order valence-electron chi connectivity index (χ4n) is 2.00. The van der Waals surface area contributed by atoms with Gasteiger partial charge in [-0.15, -0.1) is 0 Å². The number of carbonyl (C=O) groups is 1. The summed E-state index contributed by atoms with van der Waals surface area (Å²) in [6.07, 6.45) is 5.56. The lowest BCUT2D eigenvalue weighted by molar-refractivity contribution is -0.210. The third-order valence-electron chi connectivity index (χ3n) is 2.89. The van der Waals surface area contributed by atoms with E-state index in [1.807, 2.05) is 6.42 Å². The van der Waals surface area contributed by atoms with Crippen molar-refractivity contribution in [1.82, 2.24) is 0 Å². The molecule has 0 aromatic carbocycles. The van der Waals surface area contributed by atoms with Crippen molar-refractivity contribution >= 4 is 5.97 Å². The van der Waals surface area contributed by atoms with Crippen molar-refractivity contribution in [2.45, 2.75) is 18.8 Å². The summed E-state index contributed by atoms with van der Waals surface area (Å²) in [6, 6.07) is 0. The Morgan fingerprint density at radius 1 is 1.44 bits per heavy atom. The Kier molecular flexibility index (Phi) is 4.97. The maximum atomic E-state index is 11.6. The Balaban J connectivity index is 1.94. The molecule has 1 aliphatic heterocycles. The fraction of sp³-hybridized carbons (Fsp3) is 0.538. The van der Waals surface area contributed by atoms with Gasteiger partial charge in [-0.3, -0.25) is 4.79 Å². The minimum atomic E-state index is -0.525. The van der Waals surface area contributed by atoms with Crippen LogP contribution in [0.4, 0.5) is 0 Å². The summed E-state index contributed by atoms with van der Waals surface area (Å²) in [5.41, 5.74) is 0. The Morgan fingerprint density at radius 2 is 2.28 bits per heavy atom. The molecule has 2 rings (SSSR count). The lowest BCUT2D eigenvalue weighted by atomic mass is 9.95. The van der Waals surface area contributed by atoms with Crippen molar-refractivity contribution in [2.75, 3.05) is 27.4 Å². The van der Waals surface area contributed by atoms with Gasteiger partial charge in [-0.2, -0.15) is 0 Å². The van der Waals surface area contributed by atoms with E-state index >= 15 is 0 Å². The first-order chi connectivity index (χ1) is 8.76. The van der Waals surface area contributed by atoms with E-state index in [1.165, 1.54) is 7.11 Å². The van der Waals surface area contributed by atoms with Crippen LogP contribution in [0.15, 0.2) is 0 Å². The van der Waals surface area contributed by atoms with E-state index in [0.29, 0.717) is 25.0 Å². The molecule has 2 aliphatic rings. The van der Waals surface area contributed by atoms with Crippen LogP contribution in [0.1, 0.15) is 6.42 Å². The van der Waals surface area contributed by atoms with E-state index in [4.69, 9.17) is 18.9 Å². The number of hydrogen-bond acceptors (Lipinski definition) is 5. The second-order valence-corrected chi connectivity index (χ2v) is 4.09. The normalized spacial score (nSPS) is 30.6. The average Bonchev–Trinajstić information content (AvgIpc) is 2.88. The summed E-state index contributed by atoms with van der Waals surface area (Å²) in [5, 5.41) is 0. The number of hydrogen-bond donors (Lipinski definition) is 0. The van der Waals surface area contributed by atoms with E-state index in [0.717, 1.165) is 6.42 Å². The molecule has 2 fully saturated rings.